The van der Waals surface area contributed by atoms with Crippen LogP contribution in [0.4, 0.5) is 14.5 Å². The third kappa shape index (κ3) is 5.27. The van der Waals surface area contributed by atoms with Gasteiger partial charge in [-0.2, -0.15) is 0 Å². The maximum absolute atomic E-state index is 13.2. The molecule has 0 spiro atoms. The van der Waals surface area contributed by atoms with Crippen LogP contribution in [0.25, 0.3) is 0 Å². The predicted molar refractivity (Wildman–Crippen MR) is 117 cm³/mol. The molecule has 158 valence electrons. The average Bonchev–Trinajstić information content (AvgIpc) is 2.75. The van der Waals surface area contributed by atoms with Crippen molar-refractivity contribution in [2.45, 2.75) is 31.8 Å². The van der Waals surface area contributed by atoms with Crippen molar-refractivity contribution >= 4 is 18.1 Å². The van der Waals surface area contributed by atoms with Crippen molar-refractivity contribution < 1.29 is 8.78 Å². The molecule has 3 nitrogen and oxygen atoms in total. The molecule has 1 unspecified atom stereocenters. The smallest absolute Gasteiger partial charge is 0.123 e. The lowest BCUT2D eigenvalue weighted by Crippen LogP contribution is -2.53. The van der Waals surface area contributed by atoms with Crippen molar-refractivity contribution in [3.05, 3.63) is 65.7 Å². The first-order valence-electron chi connectivity index (χ1n) is 10.3. The average molecular weight is 422 g/mol. The Labute approximate surface area is 178 Å². The van der Waals surface area contributed by atoms with Crippen LogP contribution in [-0.4, -0.2) is 55.1 Å². The summed E-state index contributed by atoms with van der Waals surface area (Å²) in [6, 6.07) is 14.7. The summed E-state index contributed by atoms with van der Waals surface area (Å²) in [6.07, 6.45) is 2.32. The normalized spacial score (nSPS) is 20.3. The van der Waals surface area contributed by atoms with E-state index in [1.54, 1.807) is 24.3 Å². The van der Waals surface area contributed by atoms with Gasteiger partial charge in [-0.3, -0.25) is 9.80 Å². The summed E-state index contributed by atoms with van der Waals surface area (Å²) in [5.74, 6) is -0.348. The molecule has 29 heavy (non-hydrogen) atoms. The van der Waals surface area contributed by atoms with E-state index in [1.165, 1.54) is 5.56 Å². The fraction of sp³-hybridized carbons (Fsp3) is 0.478. The fourth-order valence-corrected chi connectivity index (χ4v) is 4.58. The second-order valence-electron chi connectivity index (χ2n) is 7.99. The van der Waals surface area contributed by atoms with E-state index in [4.69, 9.17) is 0 Å². The lowest BCUT2D eigenvalue weighted by atomic mass is 10.0. The van der Waals surface area contributed by atoms with Crippen LogP contribution in [0.15, 0.2) is 48.5 Å². The molecule has 2 saturated heterocycles. The molecule has 4 rings (SSSR count). The Hall–Kier alpha value is -1.69. The molecule has 2 fully saturated rings. The van der Waals surface area contributed by atoms with Crippen molar-refractivity contribution in [2.75, 3.05) is 44.2 Å². The maximum Gasteiger partial charge on any atom is 0.123 e. The highest BCUT2D eigenvalue weighted by molar-refractivity contribution is 5.85. The lowest BCUT2D eigenvalue weighted by molar-refractivity contribution is 0.0649. The fourth-order valence-electron chi connectivity index (χ4n) is 4.58. The molecule has 0 aliphatic carbocycles. The minimum atomic E-state index is -0.175. The summed E-state index contributed by atoms with van der Waals surface area (Å²) < 4.78 is 26.3. The topological polar surface area (TPSA) is 9.72 Å². The number of anilines is 1. The van der Waals surface area contributed by atoms with Gasteiger partial charge in [0.05, 0.1) is 0 Å². The van der Waals surface area contributed by atoms with E-state index in [1.807, 2.05) is 24.3 Å². The van der Waals surface area contributed by atoms with Crippen LogP contribution in [0.5, 0.6) is 0 Å². The minimum absolute atomic E-state index is 0. The SMILES string of the molecule is CC(c1ccc(F)cc1)N1CCN(C2CCN(c3ccc(F)cc3)CC2)CC1.Cl. The molecule has 0 N–H and O–H groups in total. The van der Waals surface area contributed by atoms with Crippen LogP contribution < -0.4 is 4.90 Å². The number of piperidine rings is 1. The van der Waals surface area contributed by atoms with Crippen molar-refractivity contribution in [1.29, 1.82) is 0 Å². The van der Waals surface area contributed by atoms with E-state index in [2.05, 4.69) is 21.6 Å². The minimum Gasteiger partial charge on any atom is -0.371 e. The van der Waals surface area contributed by atoms with Crippen molar-refractivity contribution in [1.82, 2.24) is 9.80 Å². The monoisotopic (exact) mass is 421 g/mol. The van der Waals surface area contributed by atoms with Crippen LogP contribution in [-0.2, 0) is 0 Å². The van der Waals surface area contributed by atoms with Crippen molar-refractivity contribution in [3.8, 4) is 0 Å². The zero-order valence-electron chi connectivity index (χ0n) is 16.9. The standard InChI is InChI=1S/C23H29F2N3.ClH/c1-18(19-2-4-20(24)5-3-19)26-14-16-28(17-15-26)23-10-12-27(13-11-23)22-8-6-21(25)7-9-22;/h2-9,18,23H,10-17H2,1H3;1H. The van der Waals surface area contributed by atoms with E-state index < -0.39 is 0 Å². The Kier molecular flexibility index (Phi) is 7.49. The summed E-state index contributed by atoms with van der Waals surface area (Å²) in [6.45, 7) is 8.56. The molecule has 2 aliphatic rings. The molecular weight excluding hydrogens is 392 g/mol. The van der Waals surface area contributed by atoms with E-state index in [0.29, 0.717) is 12.1 Å². The van der Waals surface area contributed by atoms with Gasteiger partial charge in [0.15, 0.2) is 0 Å². The summed E-state index contributed by atoms with van der Waals surface area (Å²) >= 11 is 0. The highest BCUT2D eigenvalue weighted by Gasteiger charge is 2.29. The van der Waals surface area contributed by atoms with Crippen LogP contribution in [0.2, 0.25) is 0 Å². The molecule has 0 radical (unpaired) electrons. The summed E-state index contributed by atoms with van der Waals surface area (Å²) in [7, 11) is 0. The summed E-state index contributed by atoms with van der Waals surface area (Å²) in [4.78, 5) is 7.50. The van der Waals surface area contributed by atoms with Crippen LogP contribution >= 0.6 is 12.4 Å². The third-order valence-electron chi connectivity index (χ3n) is 6.42. The molecule has 0 bridgehead atoms. The largest absolute Gasteiger partial charge is 0.371 e. The summed E-state index contributed by atoms with van der Waals surface area (Å²) in [5, 5.41) is 0. The molecule has 1 atom stereocenters. The van der Waals surface area contributed by atoms with E-state index >= 15 is 0 Å². The molecule has 6 heteroatoms. The quantitative estimate of drug-likeness (QED) is 0.706. The van der Waals surface area contributed by atoms with Gasteiger partial charge in [0, 0.05) is 57.0 Å². The zero-order valence-corrected chi connectivity index (χ0v) is 17.8. The Bertz CT molecular complexity index is 753. The molecule has 2 heterocycles. The number of benzene rings is 2. The van der Waals surface area contributed by atoms with Gasteiger partial charge < -0.3 is 4.90 Å². The number of hydrogen-bond acceptors (Lipinski definition) is 3. The van der Waals surface area contributed by atoms with Gasteiger partial charge in [0.2, 0.25) is 0 Å². The Morgan fingerprint density at radius 1 is 0.759 bits per heavy atom. The van der Waals surface area contributed by atoms with Gasteiger partial charge in [0.1, 0.15) is 11.6 Å². The highest BCUT2D eigenvalue weighted by Crippen LogP contribution is 2.26. The zero-order chi connectivity index (χ0) is 19.5. The first kappa shape index (κ1) is 22.0. The highest BCUT2D eigenvalue weighted by atomic mass is 35.5. The first-order chi connectivity index (χ1) is 13.6. The van der Waals surface area contributed by atoms with Gasteiger partial charge in [-0.15, -0.1) is 12.4 Å². The first-order valence-corrected chi connectivity index (χ1v) is 10.3. The molecule has 0 aromatic heterocycles. The Balaban J connectivity index is 0.00000240. The van der Waals surface area contributed by atoms with E-state index in [9.17, 15) is 8.78 Å². The lowest BCUT2D eigenvalue weighted by Gasteiger charge is -2.44. The maximum atomic E-state index is 13.2. The van der Waals surface area contributed by atoms with Crippen LogP contribution in [0.1, 0.15) is 31.4 Å². The number of hydrogen-bond donors (Lipinski definition) is 0. The third-order valence-corrected chi connectivity index (χ3v) is 6.42. The van der Waals surface area contributed by atoms with E-state index in [0.717, 1.165) is 57.8 Å². The Morgan fingerprint density at radius 3 is 1.83 bits per heavy atom. The molecular formula is C23H30ClF2N3. The molecule has 2 aromatic rings. The number of nitrogens with zero attached hydrogens (tertiary/aromatic N) is 3. The number of rotatable bonds is 4. The van der Waals surface area contributed by atoms with Crippen LogP contribution in [0, 0.1) is 11.6 Å². The van der Waals surface area contributed by atoms with Crippen LogP contribution in [0.3, 0.4) is 0 Å². The number of halogens is 3. The molecule has 0 amide bonds. The van der Waals surface area contributed by atoms with Gasteiger partial charge >= 0.3 is 0 Å². The number of piperazine rings is 1. The van der Waals surface area contributed by atoms with Crippen molar-refractivity contribution in [3.63, 3.8) is 0 Å². The van der Waals surface area contributed by atoms with Gasteiger partial charge in [-0.1, -0.05) is 12.1 Å². The predicted octanol–water partition coefficient (Wildman–Crippen LogP) is 4.73. The second-order valence-corrected chi connectivity index (χ2v) is 7.99. The van der Waals surface area contributed by atoms with Gasteiger partial charge in [0.25, 0.3) is 0 Å². The second kappa shape index (κ2) is 9.88. The molecule has 2 aliphatic heterocycles. The van der Waals surface area contributed by atoms with Crippen molar-refractivity contribution in [2.24, 2.45) is 0 Å². The van der Waals surface area contributed by atoms with Gasteiger partial charge in [-0.25, -0.2) is 8.78 Å². The molecule has 0 saturated carbocycles. The van der Waals surface area contributed by atoms with E-state index in [-0.39, 0.29) is 24.0 Å². The Morgan fingerprint density at radius 2 is 1.28 bits per heavy atom. The van der Waals surface area contributed by atoms with Gasteiger partial charge in [-0.05, 0) is 61.7 Å². The summed E-state index contributed by atoms with van der Waals surface area (Å²) in [5.41, 5.74) is 2.31. The molecule has 2 aromatic carbocycles.